The van der Waals surface area contributed by atoms with E-state index in [1.165, 1.54) is 31.2 Å². The van der Waals surface area contributed by atoms with Crippen molar-refractivity contribution in [3.8, 4) is 0 Å². The van der Waals surface area contributed by atoms with Gasteiger partial charge in [0.2, 0.25) is 5.91 Å². The zero-order chi connectivity index (χ0) is 18.8. The van der Waals surface area contributed by atoms with Crippen LogP contribution < -0.4 is 10.0 Å². The monoisotopic (exact) mass is 372 g/mol. The second-order valence-corrected chi connectivity index (χ2v) is 7.02. The third-order valence-corrected chi connectivity index (χ3v) is 4.65. The number of rotatable bonds is 4. The molecule has 0 aromatic heterocycles. The van der Waals surface area contributed by atoms with E-state index in [1.807, 2.05) is 0 Å². The first-order valence-electron chi connectivity index (χ1n) is 7.07. The zero-order valence-corrected chi connectivity index (χ0v) is 14.1. The predicted octanol–water partition coefficient (Wildman–Crippen LogP) is 3.77. The van der Waals surface area contributed by atoms with Crippen LogP contribution in [0.5, 0.6) is 0 Å². The molecule has 0 saturated heterocycles. The summed E-state index contributed by atoms with van der Waals surface area (Å²) >= 11 is 0. The van der Waals surface area contributed by atoms with Crippen molar-refractivity contribution in [2.45, 2.75) is 24.9 Å². The number of halogens is 3. The highest BCUT2D eigenvalue weighted by molar-refractivity contribution is 7.92. The summed E-state index contributed by atoms with van der Waals surface area (Å²) in [6, 6.07) is 7.92. The van der Waals surface area contributed by atoms with Crippen LogP contribution in [0, 0.1) is 6.92 Å². The molecular formula is C16H15F3N2O3S. The molecule has 25 heavy (non-hydrogen) atoms. The smallest absolute Gasteiger partial charge is 0.326 e. The Hall–Kier alpha value is -2.55. The SMILES string of the molecule is CC(=O)Nc1cc(S(=O)(=O)Nc2cccc(C(F)(F)F)c2)ccc1C. The number of alkyl halides is 3. The molecule has 0 heterocycles. The van der Waals surface area contributed by atoms with Crippen molar-refractivity contribution >= 4 is 27.3 Å². The summed E-state index contributed by atoms with van der Waals surface area (Å²) in [6.07, 6.45) is -4.58. The van der Waals surface area contributed by atoms with E-state index in [9.17, 15) is 26.4 Å². The van der Waals surface area contributed by atoms with Gasteiger partial charge in [0, 0.05) is 18.3 Å². The van der Waals surface area contributed by atoms with Gasteiger partial charge in [0.05, 0.1) is 10.5 Å². The van der Waals surface area contributed by atoms with Gasteiger partial charge in [0.15, 0.2) is 0 Å². The molecule has 0 fully saturated rings. The van der Waals surface area contributed by atoms with Crippen molar-refractivity contribution in [3.63, 3.8) is 0 Å². The van der Waals surface area contributed by atoms with E-state index in [1.54, 1.807) is 6.92 Å². The minimum atomic E-state index is -4.58. The quantitative estimate of drug-likeness (QED) is 0.858. The van der Waals surface area contributed by atoms with Gasteiger partial charge in [0.25, 0.3) is 10.0 Å². The Balaban J connectivity index is 2.35. The van der Waals surface area contributed by atoms with Crippen LogP contribution >= 0.6 is 0 Å². The minimum absolute atomic E-state index is 0.181. The molecule has 0 aliphatic carbocycles. The standard InChI is InChI=1S/C16H15F3N2O3S/c1-10-6-7-14(9-15(10)20-11(2)22)25(23,24)21-13-5-3-4-12(8-13)16(17,18)19/h3-9,21H,1-2H3,(H,20,22). The van der Waals surface area contributed by atoms with E-state index in [0.29, 0.717) is 17.3 Å². The number of hydrogen-bond donors (Lipinski definition) is 2. The van der Waals surface area contributed by atoms with Gasteiger partial charge in [-0.1, -0.05) is 12.1 Å². The molecule has 0 bridgehead atoms. The zero-order valence-electron chi connectivity index (χ0n) is 13.3. The summed E-state index contributed by atoms with van der Waals surface area (Å²) in [4.78, 5) is 11.0. The van der Waals surface area contributed by atoms with Crippen molar-refractivity contribution in [1.29, 1.82) is 0 Å². The number of carbonyl (C=O) groups is 1. The van der Waals surface area contributed by atoms with E-state index in [-0.39, 0.29) is 16.5 Å². The van der Waals surface area contributed by atoms with Crippen LogP contribution in [-0.4, -0.2) is 14.3 Å². The highest BCUT2D eigenvalue weighted by Gasteiger charge is 2.30. The number of carbonyl (C=O) groups excluding carboxylic acids is 1. The lowest BCUT2D eigenvalue weighted by Crippen LogP contribution is -2.15. The summed E-state index contributed by atoms with van der Waals surface area (Å²) in [5, 5.41) is 2.50. The lowest BCUT2D eigenvalue weighted by molar-refractivity contribution is -0.137. The normalized spacial score (nSPS) is 11.9. The van der Waals surface area contributed by atoms with Crippen molar-refractivity contribution in [3.05, 3.63) is 53.6 Å². The van der Waals surface area contributed by atoms with Crippen LogP contribution in [0.1, 0.15) is 18.1 Å². The maximum atomic E-state index is 12.7. The number of nitrogens with one attached hydrogen (secondary N) is 2. The number of hydrogen-bond acceptors (Lipinski definition) is 3. The van der Waals surface area contributed by atoms with Gasteiger partial charge in [-0.3, -0.25) is 9.52 Å². The summed E-state index contributed by atoms with van der Waals surface area (Å²) in [6.45, 7) is 2.96. The van der Waals surface area contributed by atoms with Crippen LogP contribution in [0.4, 0.5) is 24.5 Å². The molecule has 0 spiro atoms. The molecule has 0 aliphatic rings. The predicted molar refractivity (Wildman–Crippen MR) is 87.7 cm³/mol. The second kappa shape index (κ2) is 6.75. The van der Waals surface area contributed by atoms with E-state index in [2.05, 4.69) is 10.0 Å². The van der Waals surface area contributed by atoms with Gasteiger partial charge in [0.1, 0.15) is 0 Å². The molecule has 134 valence electrons. The lowest BCUT2D eigenvalue weighted by atomic mass is 10.2. The summed E-state index contributed by atoms with van der Waals surface area (Å²) in [5.41, 5.74) is -0.223. The summed E-state index contributed by atoms with van der Waals surface area (Å²) in [5.74, 6) is -0.372. The first-order chi connectivity index (χ1) is 11.5. The largest absolute Gasteiger partial charge is 0.416 e. The van der Waals surface area contributed by atoms with Gasteiger partial charge in [-0.2, -0.15) is 13.2 Å². The Bertz CT molecular complexity index is 909. The fourth-order valence-electron chi connectivity index (χ4n) is 2.07. The number of sulfonamides is 1. The van der Waals surface area contributed by atoms with Crippen molar-refractivity contribution < 1.29 is 26.4 Å². The number of aryl methyl sites for hydroxylation is 1. The van der Waals surface area contributed by atoms with E-state index in [4.69, 9.17) is 0 Å². The van der Waals surface area contributed by atoms with Gasteiger partial charge >= 0.3 is 6.18 Å². The van der Waals surface area contributed by atoms with E-state index >= 15 is 0 Å². The molecule has 2 N–H and O–H groups in total. The van der Waals surface area contributed by atoms with E-state index in [0.717, 1.165) is 12.1 Å². The Morgan fingerprint density at radius 3 is 2.36 bits per heavy atom. The van der Waals surface area contributed by atoms with E-state index < -0.39 is 21.8 Å². The third-order valence-electron chi connectivity index (χ3n) is 3.27. The Kier molecular flexibility index (Phi) is 5.07. The van der Waals surface area contributed by atoms with Crippen LogP contribution in [-0.2, 0) is 21.0 Å². The minimum Gasteiger partial charge on any atom is -0.326 e. The first kappa shape index (κ1) is 18.8. The number of benzene rings is 2. The highest BCUT2D eigenvalue weighted by atomic mass is 32.2. The summed E-state index contributed by atoms with van der Waals surface area (Å²) in [7, 11) is -4.12. The Morgan fingerprint density at radius 2 is 1.76 bits per heavy atom. The molecule has 2 aromatic rings. The molecule has 5 nitrogen and oxygen atoms in total. The molecule has 1 amide bonds. The van der Waals surface area contributed by atoms with Gasteiger partial charge in [-0.25, -0.2) is 8.42 Å². The van der Waals surface area contributed by atoms with Gasteiger partial charge in [-0.15, -0.1) is 0 Å². The molecule has 2 aromatic carbocycles. The Labute approximate surface area is 142 Å². The molecule has 2 rings (SSSR count). The highest BCUT2D eigenvalue weighted by Crippen LogP contribution is 2.31. The molecule has 0 aliphatic heterocycles. The number of anilines is 2. The van der Waals surface area contributed by atoms with Crippen LogP contribution in [0.2, 0.25) is 0 Å². The second-order valence-electron chi connectivity index (χ2n) is 5.34. The average Bonchev–Trinajstić information content (AvgIpc) is 2.48. The van der Waals surface area contributed by atoms with Gasteiger partial charge in [-0.05, 0) is 42.8 Å². The molecule has 0 unspecified atom stereocenters. The van der Waals surface area contributed by atoms with Crippen LogP contribution in [0.15, 0.2) is 47.4 Å². The summed E-state index contributed by atoms with van der Waals surface area (Å²) < 4.78 is 65.1. The molecule has 9 heteroatoms. The first-order valence-corrected chi connectivity index (χ1v) is 8.56. The topological polar surface area (TPSA) is 75.3 Å². The van der Waals surface area contributed by atoms with Crippen LogP contribution in [0.3, 0.4) is 0 Å². The maximum Gasteiger partial charge on any atom is 0.416 e. The van der Waals surface area contributed by atoms with Crippen molar-refractivity contribution in [2.75, 3.05) is 10.0 Å². The van der Waals surface area contributed by atoms with Crippen molar-refractivity contribution in [2.24, 2.45) is 0 Å². The maximum absolute atomic E-state index is 12.7. The Morgan fingerprint density at radius 1 is 1.08 bits per heavy atom. The molecule has 0 radical (unpaired) electrons. The third kappa shape index (κ3) is 4.72. The fraction of sp³-hybridized carbons (Fsp3) is 0.188. The fourth-order valence-corrected chi connectivity index (χ4v) is 3.14. The molecule has 0 atom stereocenters. The van der Waals surface area contributed by atoms with Crippen LogP contribution in [0.25, 0.3) is 0 Å². The van der Waals surface area contributed by atoms with Gasteiger partial charge < -0.3 is 5.32 Å². The lowest BCUT2D eigenvalue weighted by Gasteiger charge is -2.13. The molecular weight excluding hydrogens is 357 g/mol. The number of amides is 1. The average molecular weight is 372 g/mol. The molecule has 0 saturated carbocycles. The van der Waals surface area contributed by atoms with Crippen molar-refractivity contribution in [1.82, 2.24) is 0 Å².